The molecule has 0 saturated heterocycles. The van der Waals surface area contributed by atoms with Crippen LogP contribution in [0.25, 0.3) is 9.69 Å². The van der Waals surface area contributed by atoms with Crippen LogP contribution in [0.5, 0.6) is 0 Å². The summed E-state index contributed by atoms with van der Waals surface area (Å²) in [5.41, 5.74) is 0.962. The largest absolute Gasteiger partial charge is 0.332 e. The predicted molar refractivity (Wildman–Crippen MR) is 64.8 cm³/mol. The smallest absolute Gasteiger partial charge is 0.317 e. The van der Waals surface area contributed by atoms with Crippen molar-refractivity contribution in [3.05, 3.63) is 52.7 Å². The molecule has 0 heterocycles. The first-order chi connectivity index (χ1) is 8.02. The maximum absolute atomic E-state index is 12.1. The molecule has 88 valence electrons. The summed E-state index contributed by atoms with van der Waals surface area (Å²) in [6, 6.07) is 6.40. The van der Waals surface area contributed by atoms with Gasteiger partial charge in [-0.2, -0.15) is 0 Å². The molecule has 1 unspecified atom stereocenters. The monoisotopic (exact) mass is 248 g/mol. The average Bonchev–Trinajstić information content (AvgIpc) is 2.30. The third-order valence-electron chi connectivity index (χ3n) is 2.34. The van der Waals surface area contributed by atoms with Crippen molar-refractivity contribution in [3.8, 4) is 0 Å². The molecule has 0 aliphatic heterocycles. The molecule has 0 fully saturated rings. The van der Waals surface area contributed by atoms with Crippen LogP contribution in [-0.2, 0) is 9.84 Å². The van der Waals surface area contributed by atoms with Gasteiger partial charge in [-0.15, -0.1) is 0 Å². The van der Waals surface area contributed by atoms with Gasteiger partial charge < -0.3 is 4.85 Å². The van der Waals surface area contributed by atoms with Gasteiger partial charge in [0.2, 0.25) is 6.54 Å². The molecule has 0 N–H and O–H groups in total. The van der Waals surface area contributed by atoms with Gasteiger partial charge >= 0.3 is 5.37 Å². The number of aryl methyl sites for hydroxylation is 1. The van der Waals surface area contributed by atoms with E-state index >= 15 is 0 Å². The van der Waals surface area contributed by atoms with Crippen LogP contribution in [0.2, 0.25) is 0 Å². The molecular formula is C12H12N2O2S. The lowest BCUT2D eigenvalue weighted by Gasteiger charge is -2.05. The highest BCUT2D eigenvalue weighted by Gasteiger charge is 2.33. The molecule has 0 amide bonds. The quantitative estimate of drug-likeness (QED) is 0.767. The minimum atomic E-state index is -3.64. The fraction of sp³-hybridized carbons (Fsp3) is 0.333. The van der Waals surface area contributed by atoms with E-state index in [1.165, 1.54) is 12.1 Å². The van der Waals surface area contributed by atoms with E-state index in [1.54, 1.807) is 12.1 Å². The first kappa shape index (κ1) is 13.2. The number of nitrogens with zero attached hydrogens (tertiary/aromatic N) is 2. The minimum absolute atomic E-state index is 0.0537. The van der Waals surface area contributed by atoms with E-state index in [2.05, 4.69) is 9.69 Å². The van der Waals surface area contributed by atoms with Crippen molar-refractivity contribution in [2.75, 3.05) is 6.54 Å². The summed E-state index contributed by atoms with van der Waals surface area (Å²) in [4.78, 5) is 6.35. The lowest BCUT2D eigenvalue weighted by atomic mass is 10.2. The highest BCUT2D eigenvalue weighted by atomic mass is 32.2. The summed E-state index contributed by atoms with van der Waals surface area (Å²) in [5, 5.41) is -1.15. The normalized spacial score (nSPS) is 12.4. The van der Waals surface area contributed by atoms with Gasteiger partial charge in [-0.05, 0) is 19.1 Å². The second-order valence-electron chi connectivity index (χ2n) is 3.61. The molecule has 1 aromatic rings. The Balaban J connectivity index is 3.06. The lowest BCUT2D eigenvalue weighted by molar-refractivity contribution is 0.585. The molecule has 0 aliphatic rings. The fourth-order valence-corrected chi connectivity index (χ4v) is 2.73. The summed E-state index contributed by atoms with van der Waals surface area (Å²) < 4.78 is 24.1. The third kappa shape index (κ3) is 3.05. The molecule has 0 radical (unpaired) electrons. The molecule has 17 heavy (non-hydrogen) atoms. The topological polar surface area (TPSA) is 42.9 Å². The first-order valence-corrected chi connectivity index (χ1v) is 6.57. The van der Waals surface area contributed by atoms with Crippen molar-refractivity contribution in [1.82, 2.24) is 0 Å². The standard InChI is InChI=1S/C12H12N2O2S/c1-10-4-6-11(7-5-10)17(15,16)12(14-3)8-9-13-2/h4-7,12H,8-9H2,1H3. The Kier molecular flexibility index (Phi) is 4.25. The fourth-order valence-electron chi connectivity index (χ4n) is 1.35. The van der Waals surface area contributed by atoms with Crippen LogP contribution in [0.15, 0.2) is 29.2 Å². The van der Waals surface area contributed by atoms with Gasteiger partial charge in [0.1, 0.15) is 6.42 Å². The number of sulfone groups is 1. The predicted octanol–water partition coefficient (Wildman–Crippen LogP) is 2.32. The highest BCUT2D eigenvalue weighted by Crippen LogP contribution is 2.20. The van der Waals surface area contributed by atoms with E-state index in [9.17, 15) is 8.42 Å². The third-order valence-corrected chi connectivity index (χ3v) is 4.33. The molecule has 5 heteroatoms. The molecule has 0 aromatic heterocycles. The van der Waals surface area contributed by atoms with Gasteiger partial charge in [0, 0.05) is 0 Å². The summed E-state index contributed by atoms with van der Waals surface area (Å²) in [6.45, 7) is 15.5. The first-order valence-electron chi connectivity index (χ1n) is 5.02. The Hall–Kier alpha value is -1.85. The van der Waals surface area contributed by atoms with Crippen molar-refractivity contribution >= 4 is 9.84 Å². The van der Waals surface area contributed by atoms with Gasteiger partial charge in [0.25, 0.3) is 9.84 Å². The number of hydrogen-bond acceptors (Lipinski definition) is 2. The Labute approximate surface area is 101 Å². The Morgan fingerprint density at radius 1 is 1.24 bits per heavy atom. The lowest BCUT2D eigenvalue weighted by Crippen LogP contribution is -2.18. The Bertz CT molecular complexity index is 562. The van der Waals surface area contributed by atoms with E-state index in [0.717, 1.165) is 5.56 Å². The van der Waals surface area contributed by atoms with Gasteiger partial charge in [-0.3, -0.25) is 4.85 Å². The molecule has 1 atom stereocenters. The number of hydrogen-bond donors (Lipinski definition) is 0. The van der Waals surface area contributed by atoms with Crippen molar-refractivity contribution in [1.29, 1.82) is 0 Å². The second-order valence-corrected chi connectivity index (χ2v) is 5.72. The summed E-state index contributed by atoms with van der Waals surface area (Å²) in [7, 11) is -3.64. The molecule has 0 bridgehead atoms. The average molecular weight is 248 g/mol. The van der Waals surface area contributed by atoms with E-state index in [0.29, 0.717) is 0 Å². The van der Waals surface area contributed by atoms with Crippen LogP contribution < -0.4 is 0 Å². The van der Waals surface area contributed by atoms with Gasteiger partial charge in [-0.25, -0.2) is 21.6 Å². The number of benzene rings is 1. The maximum atomic E-state index is 12.1. The molecule has 0 spiro atoms. The molecule has 1 rings (SSSR count). The molecule has 1 aromatic carbocycles. The number of rotatable bonds is 4. The van der Waals surface area contributed by atoms with Crippen molar-refractivity contribution < 1.29 is 8.42 Å². The van der Waals surface area contributed by atoms with E-state index in [4.69, 9.17) is 13.1 Å². The van der Waals surface area contributed by atoms with Gasteiger partial charge in [0.15, 0.2) is 0 Å². The molecule has 0 aliphatic carbocycles. The van der Waals surface area contributed by atoms with Crippen LogP contribution in [0.4, 0.5) is 0 Å². The van der Waals surface area contributed by atoms with E-state index in [1.807, 2.05) is 6.92 Å². The Morgan fingerprint density at radius 2 is 1.82 bits per heavy atom. The summed E-state index contributed by atoms with van der Waals surface area (Å²) >= 11 is 0. The second kappa shape index (κ2) is 5.47. The maximum Gasteiger partial charge on any atom is 0.332 e. The SMILES string of the molecule is [C-]#[N+]CCC([N+]#[C-])S(=O)(=O)c1ccc(C)cc1. The van der Waals surface area contributed by atoms with Crippen LogP contribution >= 0.6 is 0 Å². The molecular weight excluding hydrogens is 236 g/mol. The Morgan fingerprint density at radius 3 is 2.29 bits per heavy atom. The zero-order chi connectivity index (χ0) is 12.9. The van der Waals surface area contributed by atoms with Crippen LogP contribution in [0, 0.1) is 20.1 Å². The summed E-state index contributed by atoms with van der Waals surface area (Å²) in [6.07, 6.45) is 0.0587. The zero-order valence-corrected chi connectivity index (χ0v) is 10.2. The molecule has 0 saturated carbocycles. The van der Waals surface area contributed by atoms with Gasteiger partial charge in [0.05, 0.1) is 4.90 Å². The van der Waals surface area contributed by atoms with E-state index < -0.39 is 15.2 Å². The highest BCUT2D eigenvalue weighted by molar-refractivity contribution is 7.92. The van der Waals surface area contributed by atoms with Crippen LogP contribution in [0.3, 0.4) is 0 Å². The molecule has 4 nitrogen and oxygen atoms in total. The van der Waals surface area contributed by atoms with Crippen LogP contribution in [0.1, 0.15) is 12.0 Å². The van der Waals surface area contributed by atoms with E-state index in [-0.39, 0.29) is 17.9 Å². The zero-order valence-electron chi connectivity index (χ0n) is 9.42. The summed E-state index contributed by atoms with van der Waals surface area (Å²) in [5.74, 6) is 0. The van der Waals surface area contributed by atoms with Crippen molar-refractivity contribution in [2.45, 2.75) is 23.6 Å². The minimum Gasteiger partial charge on any atom is -0.317 e. The van der Waals surface area contributed by atoms with Gasteiger partial charge in [-0.1, -0.05) is 17.7 Å². The van der Waals surface area contributed by atoms with Crippen molar-refractivity contribution in [3.63, 3.8) is 0 Å². The van der Waals surface area contributed by atoms with Crippen molar-refractivity contribution in [2.24, 2.45) is 0 Å². The van der Waals surface area contributed by atoms with Crippen LogP contribution in [-0.4, -0.2) is 20.3 Å².